The number of morpholine rings is 1. The number of methoxy groups -OCH3 is 2. The largest absolute Gasteiger partial charge is 0.493 e. The fourth-order valence-electron chi connectivity index (χ4n) is 3.33. The normalized spacial score (nSPS) is 18.5. The summed E-state index contributed by atoms with van der Waals surface area (Å²) in [5, 5.41) is 6.81. The Balaban J connectivity index is 1.61. The standard InChI is InChI=1S/C22H30N4O3/c1-4-18(17-6-7-19(27-2)20(16-17)28-3)22-24-10-8-21(25-22)23-9-5-11-26-12-14-29-15-13-26/h4,6-8,10,16,23,25H,1,5,9,11-15H2,2-3H3/b22-18+. The Bertz CT molecular complexity index is 795. The highest BCUT2D eigenvalue weighted by Gasteiger charge is 2.13. The van der Waals surface area contributed by atoms with Gasteiger partial charge in [0.15, 0.2) is 11.5 Å². The van der Waals surface area contributed by atoms with Gasteiger partial charge >= 0.3 is 0 Å². The third-order valence-corrected chi connectivity index (χ3v) is 4.92. The van der Waals surface area contributed by atoms with Crippen molar-refractivity contribution in [2.24, 2.45) is 4.99 Å². The van der Waals surface area contributed by atoms with Crippen LogP contribution < -0.4 is 20.1 Å². The minimum atomic E-state index is 0.668. The number of rotatable bonds is 9. The van der Waals surface area contributed by atoms with Crippen LogP contribution in [0.25, 0.3) is 5.57 Å². The van der Waals surface area contributed by atoms with E-state index in [1.165, 1.54) is 0 Å². The lowest BCUT2D eigenvalue weighted by atomic mass is 10.0. The quantitative estimate of drug-likeness (QED) is 0.623. The van der Waals surface area contributed by atoms with Crippen molar-refractivity contribution < 1.29 is 14.2 Å². The van der Waals surface area contributed by atoms with Gasteiger partial charge in [0.1, 0.15) is 11.6 Å². The Labute approximate surface area is 172 Å². The first-order valence-electron chi connectivity index (χ1n) is 9.89. The summed E-state index contributed by atoms with van der Waals surface area (Å²) in [6.45, 7) is 9.64. The number of allylic oxidation sites excluding steroid dienone is 3. The Kier molecular flexibility index (Phi) is 7.72. The summed E-state index contributed by atoms with van der Waals surface area (Å²) in [5.74, 6) is 3.02. The fraction of sp³-hybridized carbons (Fsp3) is 0.409. The third kappa shape index (κ3) is 5.62. The van der Waals surface area contributed by atoms with Gasteiger partial charge in [0.25, 0.3) is 0 Å². The molecule has 0 aromatic heterocycles. The van der Waals surface area contributed by atoms with E-state index in [4.69, 9.17) is 14.2 Å². The summed E-state index contributed by atoms with van der Waals surface area (Å²) >= 11 is 0. The predicted octanol–water partition coefficient (Wildman–Crippen LogP) is 2.39. The van der Waals surface area contributed by atoms with E-state index in [9.17, 15) is 0 Å². The summed E-state index contributed by atoms with van der Waals surface area (Å²) in [6.07, 6.45) is 6.59. The lowest BCUT2D eigenvalue weighted by molar-refractivity contribution is 0.0375. The van der Waals surface area contributed by atoms with Crippen LogP contribution in [0.4, 0.5) is 0 Å². The molecular formula is C22H30N4O3. The topological polar surface area (TPSA) is 67.4 Å². The lowest BCUT2D eigenvalue weighted by Crippen LogP contribution is -2.38. The van der Waals surface area contributed by atoms with Crippen LogP contribution in [0.1, 0.15) is 12.0 Å². The molecule has 7 nitrogen and oxygen atoms in total. The summed E-state index contributed by atoms with van der Waals surface area (Å²) < 4.78 is 16.1. The minimum absolute atomic E-state index is 0.668. The van der Waals surface area contributed by atoms with E-state index in [-0.39, 0.29) is 0 Å². The molecule has 0 aliphatic carbocycles. The van der Waals surface area contributed by atoms with Crippen LogP contribution in [0.5, 0.6) is 11.5 Å². The van der Waals surface area contributed by atoms with Crippen molar-refractivity contribution >= 4 is 11.8 Å². The summed E-state index contributed by atoms with van der Waals surface area (Å²) in [5.41, 5.74) is 1.84. The second-order valence-electron chi connectivity index (χ2n) is 6.75. The van der Waals surface area contributed by atoms with E-state index in [0.717, 1.165) is 68.6 Å². The van der Waals surface area contributed by atoms with E-state index in [0.29, 0.717) is 11.5 Å². The SMILES string of the molecule is C=C/C(=C1/N=CC=C(NCCCN2CCOCC2)N1)c1ccc(OC)c(OC)c1. The van der Waals surface area contributed by atoms with Crippen LogP contribution in [0.15, 0.2) is 53.6 Å². The maximum Gasteiger partial charge on any atom is 0.161 e. The van der Waals surface area contributed by atoms with E-state index < -0.39 is 0 Å². The number of aliphatic imine (C=N–C) groups is 1. The molecule has 1 saturated heterocycles. The number of hydrogen-bond donors (Lipinski definition) is 2. The molecule has 0 saturated carbocycles. The molecule has 156 valence electrons. The number of ether oxygens (including phenoxy) is 3. The molecule has 2 aliphatic rings. The molecule has 1 fully saturated rings. The third-order valence-electron chi connectivity index (χ3n) is 4.92. The first kappa shape index (κ1) is 21.0. The molecule has 1 aromatic rings. The van der Waals surface area contributed by atoms with Crippen LogP contribution in [-0.2, 0) is 4.74 Å². The van der Waals surface area contributed by atoms with E-state index in [1.54, 1.807) is 26.5 Å². The molecule has 0 atom stereocenters. The van der Waals surface area contributed by atoms with Crippen LogP contribution in [0.2, 0.25) is 0 Å². The van der Waals surface area contributed by atoms with E-state index in [1.807, 2.05) is 24.3 Å². The average Bonchev–Trinajstić information content (AvgIpc) is 2.78. The molecule has 0 spiro atoms. The van der Waals surface area contributed by atoms with Gasteiger partial charge in [0.2, 0.25) is 0 Å². The molecular weight excluding hydrogens is 368 g/mol. The highest BCUT2D eigenvalue weighted by Crippen LogP contribution is 2.32. The Morgan fingerprint density at radius 3 is 2.79 bits per heavy atom. The molecule has 0 radical (unpaired) electrons. The smallest absolute Gasteiger partial charge is 0.161 e. The second kappa shape index (κ2) is 10.7. The van der Waals surface area contributed by atoms with Gasteiger partial charge < -0.3 is 24.8 Å². The number of nitrogens with zero attached hydrogens (tertiary/aromatic N) is 2. The van der Waals surface area contributed by atoms with Crippen molar-refractivity contribution in [2.75, 3.05) is 53.6 Å². The Hall–Kier alpha value is -2.77. The van der Waals surface area contributed by atoms with Gasteiger partial charge in [-0.25, -0.2) is 4.99 Å². The first-order valence-corrected chi connectivity index (χ1v) is 9.89. The van der Waals surface area contributed by atoms with Gasteiger partial charge in [0.05, 0.1) is 27.4 Å². The average molecular weight is 399 g/mol. The zero-order valence-corrected chi connectivity index (χ0v) is 17.2. The molecule has 0 bridgehead atoms. The number of nitrogens with one attached hydrogen (secondary N) is 2. The Morgan fingerprint density at radius 1 is 1.28 bits per heavy atom. The maximum absolute atomic E-state index is 5.42. The van der Waals surface area contributed by atoms with Crippen LogP contribution in [0.3, 0.4) is 0 Å². The van der Waals surface area contributed by atoms with Crippen LogP contribution in [0, 0.1) is 0 Å². The summed E-state index contributed by atoms with van der Waals surface area (Å²) in [4.78, 5) is 6.93. The zero-order valence-electron chi connectivity index (χ0n) is 17.2. The van der Waals surface area contributed by atoms with Gasteiger partial charge in [0, 0.05) is 31.4 Å². The summed E-state index contributed by atoms with van der Waals surface area (Å²) in [7, 11) is 3.25. The van der Waals surface area contributed by atoms with Gasteiger partial charge in [-0.05, 0) is 36.7 Å². The zero-order chi connectivity index (χ0) is 20.5. The van der Waals surface area contributed by atoms with E-state index in [2.05, 4.69) is 27.1 Å². The molecule has 2 heterocycles. The molecule has 0 amide bonds. The molecule has 0 unspecified atom stereocenters. The molecule has 1 aromatic carbocycles. The van der Waals surface area contributed by atoms with Crippen molar-refractivity contribution in [3.8, 4) is 11.5 Å². The number of hydrogen-bond acceptors (Lipinski definition) is 7. The summed E-state index contributed by atoms with van der Waals surface area (Å²) in [6, 6.07) is 5.77. The van der Waals surface area contributed by atoms with Gasteiger partial charge in [-0.3, -0.25) is 4.90 Å². The van der Waals surface area contributed by atoms with Crippen molar-refractivity contribution in [1.82, 2.24) is 15.5 Å². The van der Waals surface area contributed by atoms with Crippen LogP contribution >= 0.6 is 0 Å². The highest BCUT2D eigenvalue weighted by molar-refractivity contribution is 5.82. The molecule has 2 N–H and O–H groups in total. The molecule has 3 rings (SSSR count). The van der Waals surface area contributed by atoms with Crippen molar-refractivity contribution in [3.63, 3.8) is 0 Å². The van der Waals surface area contributed by atoms with Gasteiger partial charge in [-0.1, -0.05) is 18.7 Å². The maximum atomic E-state index is 5.42. The van der Waals surface area contributed by atoms with Crippen LogP contribution in [-0.4, -0.2) is 64.7 Å². The fourth-order valence-corrected chi connectivity index (χ4v) is 3.33. The van der Waals surface area contributed by atoms with Crippen molar-refractivity contribution in [1.29, 1.82) is 0 Å². The molecule has 29 heavy (non-hydrogen) atoms. The molecule has 2 aliphatic heterocycles. The Morgan fingerprint density at radius 2 is 2.07 bits per heavy atom. The predicted molar refractivity (Wildman–Crippen MR) is 116 cm³/mol. The minimum Gasteiger partial charge on any atom is -0.493 e. The monoisotopic (exact) mass is 398 g/mol. The lowest BCUT2D eigenvalue weighted by Gasteiger charge is -2.26. The number of benzene rings is 1. The first-order chi connectivity index (χ1) is 14.2. The van der Waals surface area contributed by atoms with Gasteiger partial charge in [-0.15, -0.1) is 0 Å². The molecule has 7 heteroatoms. The van der Waals surface area contributed by atoms with E-state index >= 15 is 0 Å². The van der Waals surface area contributed by atoms with Crippen molar-refractivity contribution in [3.05, 3.63) is 54.1 Å². The second-order valence-corrected chi connectivity index (χ2v) is 6.75. The van der Waals surface area contributed by atoms with Crippen molar-refractivity contribution in [2.45, 2.75) is 6.42 Å². The highest BCUT2D eigenvalue weighted by atomic mass is 16.5. The van der Waals surface area contributed by atoms with Gasteiger partial charge in [-0.2, -0.15) is 0 Å².